The fraction of sp³-hybridized carbons (Fsp3) is 0.846. The summed E-state index contributed by atoms with van der Waals surface area (Å²) < 4.78 is 0. The van der Waals surface area contributed by atoms with Gasteiger partial charge in [0.25, 0.3) is 0 Å². The van der Waals surface area contributed by atoms with Gasteiger partial charge in [-0.1, -0.05) is 32.6 Å². The van der Waals surface area contributed by atoms with Gasteiger partial charge in [-0.25, -0.2) is 9.59 Å². The number of nitrogens with one attached hydrogen (secondary N) is 2. The summed E-state index contributed by atoms with van der Waals surface area (Å²) in [5.41, 5.74) is 0. The van der Waals surface area contributed by atoms with E-state index in [9.17, 15) is 9.59 Å². The van der Waals surface area contributed by atoms with Gasteiger partial charge >= 0.3 is 12.0 Å². The lowest BCUT2D eigenvalue weighted by Crippen LogP contribution is -2.48. The summed E-state index contributed by atoms with van der Waals surface area (Å²) in [5, 5.41) is 22.3. The molecule has 4 N–H and O–H groups in total. The number of aliphatic hydroxyl groups excluding tert-OH is 1. The minimum Gasteiger partial charge on any atom is -0.480 e. The van der Waals surface area contributed by atoms with Crippen LogP contribution in [0.25, 0.3) is 0 Å². The third-order valence-electron chi connectivity index (χ3n) is 3.76. The molecule has 0 aromatic carbocycles. The summed E-state index contributed by atoms with van der Waals surface area (Å²) in [7, 11) is 0. The van der Waals surface area contributed by atoms with Crippen molar-refractivity contribution in [2.24, 2.45) is 11.8 Å². The van der Waals surface area contributed by atoms with Gasteiger partial charge in [0.2, 0.25) is 0 Å². The van der Waals surface area contributed by atoms with Crippen LogP contribution in [0.1, 0.15) is 39.0 Å². The van der Waals surface area contributed by atoms with Crippen LogP contribution < -0.4 is 10.6 Å². The second kappa shape index (κ2) is 7.99. The number of urea groups is 1. The molecule has 1 fully saturated rings. The Hall–Kier alpha value is -1.30. The number of hydrogen-bond acceptors (Lipinski definition) is 3. The first kappa shape index (κ1) is 15.8. The largest absolute Gasteiger partial charge is 0.480 e. The molecule has 0 aromatic rings. The van der Waals surface area contributed by atoms with Crippen molar-refractivity contribution in [2.45, 2.75) is 45.1 Å². The zero-order chi connectivity index (χ0) is 14.3. The molecule has 1 rings (SSSR count). The molecule has 0 spiro atoms. The van der Waals surface area contributed by atoms with E-state index in [1.807, 2.05) is 0 Å². The molecule has 0 saturated heterocycles. The molecule has 0 aromatic heterocycles. The summed E-state index contributed by atoms with van der Waals surface area (Å²) in [6.07, 6.45) is 5.85. The minimum atomic E-state index is -1.24. The van der Waals surface area contributed by atoms with Gasteiger partial charge < -0.3 is 20.8 Å². The van der Waals surface area contributed by atoms with Gasteiger partial charge in [-0.3, -0.25) is 0 Å². The molecule has 19 heavy (non-hydrogen) atoms. The highest BCUT2D eigenvalue weighted by atomic mass is 16.4. The Morgan fingerprint density at radius 1 is 1.26 bits per heavy atom. The summed E-state index contributed by atoms with van der Waals surface area (Å²) >= 11 is 0. The average molecular weight is 272 g/mol. The quantitative estimate of drug-likeness (QED) is 0.578. The van der Waals surface area contributed by atoms with E-state index in [0.29, 0.717) is 12.5 Å². The molecule has 0 bridgehead atoms. The lowest BCUT2D eigenvalue weighted by molar-refractivity contribution is -0.140. The van der Waals surface area contributed by atoms with Gasteiger partial charge in [0.1, 0.15) is 0 Å². The third kappa shape index (κ3) is 5.92. The molecule has 0 aliphatic heterocycles. The first-order chi connectivity index (χ1) is 9.02. The summed E-state index contributed by atoms with van der Waals surface area (Å²) in [6, 6.07) is -1.78. The zero-order valence-electron chi connectivity index (χ0n) is 11.4. The molecule has 6 heteroatoms. The van der Waals surface area contributed by atoms with Crippen LogP contribution in [0.4, 0.5) is 4.79 Å². The van der Waals surface area contributed by atoms with E-state index >= 15 is 0 Å². The predicted molar refractivity (Wildman–Crippen MR) is 70.8 cm³/mol. The van der Waals surface area contributed by atoms with E-state index in [2.05, 4.69) is 17.6 Å². The summed E-state index contributed by atoms with van der Waals surface area (Å²) in [6.45, 7) is 2.20. The highest BCUT2D eigenvalue weighted by Gasteiger charge is 2.20. The number of hydrogen-bond donors (Lipinski definition) is 4. The minimum absolute atomic E-state index is 0.536. The van der Waals surface area contributed by atoms with Gasteiger partial charge in [-0.15, -0.1) is 0 Å². The van der Waals surface area contributed by atoms with Gasteiger partial charge in [0.15, 0.2) is 6.04 Å². The second-order valence-electron chi connectivity index (χ2n) is 5.39. The Balaban J connectivity index is 2.15. The normalized spacial score (nSPS) is 24.5. The van der Waals surface area contributed by atoms with Crippen molar-refractivity contribution in [1.82, 2.24) is 10.6 Å². The maximum Gasteiger partial charge on any atom is 0.328 e. The van der Waals surface area contributed by atoms with Crippen LogP contribution in [-0.2, 0) is 4.79 Å². The number of aliphatic hydroxyl groups is 1. The Morgan fingerprint density at radius 3 is 2.42 bits per heavy atom. The molecule has 1 saturated carbocycles. The monoisotopic (exact) mass is 272 g/mol. The lowest BCUT2D eigenvalue weighted by atomic mass is 9.81. The van der Waals surface area contributed by atoms with Gasteiger partial charge in [-0.05, 0) is 18.3 Å². The molecule has 0 unspecified atom stereocenters. The zero-order valence-corrected chi connectivity index (χ0v) is 11.4. The topological polar surface area (TPSA) is 98.7 Å². The second-order valence-corrected chi connectivity index (χ2v) is 5.39. The lowest BCUT2D eigenvalue weighted by Gasteiger charge is -2.26. The first-order valence-electron chi connectivity index (χ1n) is 6.91. The third-order valence-corrected chi connectivity index (χ3v) is 3.76. The van der Waals surface area contributed by atoms with E-state index < -0.39 is 24.6 Å². The number of rotatable bonds is 6. The van der Waals surface area contributed by atoms with Crippen molar-refractivity contribution < 1.29 is 19.8 Å². The van der Waals surface area contributed by atoms with Crippen LogP contribution in [0.15, 0.2) is 0 Å². The number of carboxylic acid groups (broad SMARTS) is 1. The van der Waals surface area contributed by atoms with E-state index in [1.54, 1.807) is 0 Å². The molecule has 1 aliphatic carbocycles. The molecule has 0 radical (unpaired) electrons. The predicted octanol–water partition coefficient (Wildman–Crippen LogP) is 0.947. The van der Waals surface area contributed by atoms with Crippen molar-refractivity contribution in [1.29, 1.82) is 0 Å². The Labute approximate surface area is 113 Å². The maximum absolute atomic E-state index is 11.4. The molecular formula is C13H24N2O4. The maximum atomic E-state index is 11.4. The smallest absolute Gasteiger partial charge is 0.328 e. The molecule has 0 heterocycles. The molecule has 110 valence electrons. The van der Waals surface area contributed by atoms with E-state index in [4.69, 9.17) is 10.2 Å². The van der Waals surface area contributed by atoms with Crippen molar-refractivity contribution in [2.75, 3.05) is 13.2 Å². The van der Waals surface area contributed by atoms with Crippen LogP contribution in [0.2, 0.25) is 0 Å². The van der Waals surface area contributed by atoms with Crippen LogP contribution >= 0.6 is 0 Å². The van der Waals surface area contributed by atoms with Gasteiger partial charge in [0.05, 0.1) is 6.61 Å². The summed E-state index contributed by atoms with van der Waals surface area (Å²) in [4.78, 5) is 22.0. The first-order valence-corrected chi connectivity index (χ1v) is 6.91. The Morgan fingerprint density at radius 2 is 1.89 bits per heavy atom. The number of carboxylic acids is 1. The summed E-state index contributed by atoms with van der Waals surface area (Å²) in [5.74, 6) is 0.233. The van der Waals surface area contributed by atoms with Crippen molar-refractivity contribution in [3.8, 4) is 0 Å². The van der Waals surface area contributed by atoms with Gasteiger partial charge in [-0.2, -0.15) is 0 Å². The number of amides is 2. The Bertz CT molecular complexity index is 301. The highest BCUT2D eigenvalue weighted by Crippen LogP contribution is 2.29. The van der Waals surface area contributed by atoms with Crippen molar-refractivity contribution in [3.05, 3.63) is 0 Å². The van der Waals surface area contributed by atoms with Crippen molar-refractivity contribution in [3.63, 3.8) is 0 Å². The van der Waals surface area contributed by atoms with Gasteiger partial charge in [0, 0.05) is 6.54 Å². The van der Waals surface area contributed by atoms with E-state index in [-0.39, 0.29) is 0 Å². The molecule has 1 atom stereocenters. The van der Waals surface area contributed by atoms with E-state index in [1.165, 1.54) is 25.7 Å². The average Bonchev–Trinajstić information content (AvgIpc) is 2.38. The molecular weight excluding hydrogens is 248 g/mol. The molecule has 2 amide bonds. The number of carbonyl (C=O) groups is 2. The fourth-order valence-electron chi connectivity index (χ4n) is 2.40. The number of aliphatic carboxylic acids is 1. The van der Waals surface area contributed by atoms with Crippen molar-refractivity contribution >= 4 is 12.0 Å². The molecule has 1 aliphatic rings. The Kier molecular flexibility index (Phi) is 6.62. The SMILES string of the molecule is CC1CCC(CCNC(=O)N[C@H](CO)C(=O)O)CC1. The van der Waals surface area contributed by atoms with Crippen LogP contribution in [0.3, 0.4) is 0 Å². The number of carbonyl (C=O) groups excluding carboxylic acids is 1. The van der Waals surface area contributed by atoms with Crippen LogP contribution in [-0.4, -0.2) is 41.4 Å². The standard InChI is InChI=1S/C13H24N2O4/c1-9-2-4-10(5-3-9)6-7-14-13(19)15-11(8-16)12(17)18/h9-11,16H,2-8H2,1H3,(H,17,18)(H2,14,15,19)/t9?,10?,11-/m1/s1. The highest BCUT2D eigenvalue weighted by molar-refractivity contribution is 5.82. The van der Waals surface area contributed by atoms with E-state index in [0.717, 1.165) is 12.3 Å². The fourth-order valence-corrected chi connectivity index (χ4v) is 2.40. The van der Waals surface area contributed by atoms with Crippen LogP contribution in [0, 0.1) is 11.8 Å². The molecule has 6 nitrogen and oxygen atoms in total. The van der Waals surface area contributed by atoms with Crippen LogP contribution in [0.5, 0.6) is 0 Å².